The molecule has 174 valence electrons. The fourth-order valence-corrected chi connectivity index (χ4v) is 4.40. The van der Waals surface area contributed by atoms with Crippen molar-refractivity contribution in [3.05, 3.63) is 23.8 Å². The van der Waals surface area contributed by atoms with Crippen LogP contribution in [0, 0.1) is 0 Å². The largest absolute Gasteiger partial charge is 0.493 e. The Hall–Kier alpha value is -1.99. The van der Waals surface area contributed by atoms with Gasteiger partial charge in [-0.25, -0.2) is 0 Å². The Balaban J connectivity index is 1.45. The Labute approximate surface area is 188 Å². The molecule has 1 aromatic rings. The summed E-state index contributed by atoms with van der Waals surface area (Å²) in [5.74, 6) is 2.49. The smallest absolute Gasteiger partial charge is 0.191 e. The number of likely N-dealkylation sites (N-methyl/N-ethyl adjacent to an activating group) is 1. The molecular formula is C24H41N5O2. The van der Waals surface area contributed by atoms with E-state index in [4.69, 9.17) is 9.47 Å². The van der Waals surface area contributed by atoms with Crippen LogP contribution in [0.3, 0.4) is 0 Å². The van der Waals surface area contributed by atoms with Gasteiger partial charge in [0.2, 0.25) is 0 Å². The van der Waals surface area contributed by atoms with Gasteiger partial charge in [0.1, 0.15) is 0 Å². The Morgan fingerprint density at radius 1 is 1.10 bits per heavy atom. The number of nitrogens with one attached hydrogen (secondary N) is 2. The van der Waals surface area contributed by atoms with Crippen LogP contribution in [0.1, 0.15) is 44.1 Å². The van der Waals surface area contributed by atoms with Gasteiger partial charge in [-0.2, -0.15) is 0 Å². The molecule has 1 aliphatic heterocycles. The van der Waals surface area contributed by atoms with E-state index in [1.165, 1.54) is 45.4 Å². The third-order valence-corrected chi connectivity index (χ3v) is 6.29. The minimum absolute atomic E-state index is 0.297. The summed E-state index contributed by atoms with van der Waals surface area (Å²) in [7, 11) is 5.74. The summed E-state index contributed by atoms with van der Waals surface area (Å²) in [5.41, 5.74) is 1.10. The van der Waals surface area contributed by atoms with Crippen LogP contribution in [-0.2, 0) is 6.54 Å². The van der Waals surface area contributed by atoms with Crippen LogP contribution in [0.2, 0.25) is 0 Å². The van der Waals surface area contributed by atoms with Crippen molar-refractivity contribution in [3.63, 3.8) is 0 Å². The van der Waals surface area contributed by atoms with E-state index in [2.05, 4.69) is 38.5 Å². The van der Waals surface area contributed by atoms with E-state index in [0.29, 0.717) is 12.6 Å². The van der Waals surface area contributed by atoms with Crippen molar-refractivity contribution in [2.75, 3.05) is 60.5 Å². The second-order valence-electron chi connectivity index (χ2n) is 8.68. The Morgan fingerprint density at radius 2 is 1.94 bits per heavy atom. The van der Waals surface area contributed by atoms with Crippen LogP contribution in [0.15, 0.2) is 23.2 Å². The molecular weight excluding hydrogens is 390 g/mol. The van der Waals surface area contributed by atoms with Crippen molar-refractivity contribution in [3.8, 4) is 11.5 Å². The number of hydrogen-bond acceptors (Lipinski definition) is 5. The van der Waals surface area contributed by atoms with Gasteiger partial charge in [-0.15, -0.1) is 0 Å². The van der Waals surface area contributed by atoms with E-state index in [1.54, 1.807) is 7.11 Å². The number of rotatable bonds is 9. The zero-order chi connectivity index (χ0) is 21.9. The van der Waals surface area contributed by atoms with E-state index >= 15 is 0 Å². The molecule has 0 aromatic heterocycles. The molecule has 7 nitrogen and oxygen atoms in total. The van der Waals surface area contributed by atoms with Crippen molar-refractivity contribution < 1.29 is 9.47 Å². The highest BCUT2D eigenvalue weighted by molar-refractivity contribution is 5.79. The average Bonchev–Trinajstić information content (AvgIpc) is 3.21. The molecule has 2 N–H and O–H groups in total. The van der Waals surface area contributed by atoms with Gasteiger partial charge in [0.05, 0.1) is 13.2 Å². The summed E-state index contributed by atoms with van der Waals surface area (Å²) < 4.78 is 11.9. The highest BCUT2D eigenvalue weighted by atomic mass is 16.5. The van der Waals surface area contributed by atoms with Crippen LogP contribution in [0.25, 0.3) is 0 Å². The predicted octanol–water partition coefficient (Wildman–Crippen LogP) is 2.71. The van der Waals surface area contributed by atoms with Crippen molar-refractivity contribution in [1.82, 2.24) is 20.4 Å². The molecule has 0 bridgehead atoms. The monoisotopic (exact) mass is 431 g/mol. The minimum atomic E-state index is 0.297. The highest BCUT2D eigenvalue weighted by Gasteiger charge is 2.20. The molecule has 2 fully saturated rings. The van der Waals surface area contributed by atoms with E-state index in [-0.39, 0.29) is 0 Å². The maximum absolute atomic E-state index is 6.34. The van der Waals surface area contributed by atoms with Crippen molar-refractivity contribution >= 4 is 5.96 Å². The van der Waals surface area contributed by atoms with Crippen LogP contribution >= 0.6 is 0 Å². The van der Waals surface area contributed by atoms with Crippen molar-refractivity contribution in [2.45, 2.75) is 51.2 Å². The molecule has 1 saturated heterocycles. The highest BCUT2D eigenvalue weighted by Crippen LogP contribution is 2.34. The first kappa shape index (κ1) is 23.7. The Kier molecular flexibility index (Phi) is 9.75. The summed E-state index contributed by atoms with van der Waals surface area (Å²) in [4.78, 5) is 9.39. The lowest BCUT2D eigenvalue weighted by Crippen LogP contribution is -2.38. The standard InChI is InChI=1S/C24H41N5O2/c1-25-24(26-13-7-15-29-16-8-14-28(2)17-18-29)27-19-20-9-6-12-22(30-3)23(20)31-21-10-4-5-11-21/h6,9,12,21H,4-5,7-8,10-11,13-19H2,1-3H3,(H2,25,26,27). The van der Waals surface area contributed by atoms with Gasteiger partial charge >= 0.3 is 0 Å². The zero-order valence-corrected chi connectivity index (χ0v) is 19.7. The number of guanidine groups is 1. The molecule has 0 spiro atoms. The van der Waals surface area contributed by atoms with Gasteiger partial charge < -0.3 is 29.9 Å². The molecule has 0 unspecified atom stereocenters. The lowest BCUT2D eigenvalue weighted by atomic mass is 10.1. The van der Waals surface area contributed by atoms with E-state index in [9.17, 15) is 0 Å². The number of benzene rings is 1. The van der Waals surface area contributed by atoms with E-state index < -0.39 is 0 Å². The first-order chi connectivity index (χ1) is 15.2. The van der Waals surface area contributed by atoms with Crippen molar-refractivity contribution in [2.24, 2.45) is 4.99 Å². The lowest BCUT2D eigenvalue weighted by Gasteiger charge is -2.21. The molecule has 0 amide bonds. The fourth-order valence-electron chi connectivity index (χ4n) is 4.40. The average molecular weight is 432 g/mol. The predicted molar refractivity (Wildman–Crippen MR) is 127 cm³/mol. The topological polar surface area (TPSA) is 61.4 Å². The third kappa shape index (κ3) is 7.58. The molecule has 1 saturated carbocycles. The molecule has 7 heteroatoms. The van der Waals surface area contributed by atoms with Gasteiger partial charge in [-0.3, -0.25) is 4.99 Å². The van der Waals surface area contributed by atoms with E-state index in [1.807, 2.05) is 19.2 Å². The molecule has 0 atom stereocenters. The normalized spacial score (nSPS) is 19.3. The minimum Gasteiger partial charge on any atom is -0.493 e. The lowest BCUT2D eigenvalue weighted by molar-refractivity contribution is 0.198. The van der Waals surface area contributed by atoms with Crippen LogP contribution in [0.5, 0.6) is 11.5 Å². The zero-order valence-electron chi connectivity index (χ0n) is 19.7. The van der Waals surface area contributed by atoms with Gasteiger partial charge in [0, 0.05) is 38.8 Å². The van der Waals surface area contributed by atoms with Crippen LogP contribution in [0.4, 0.5) is 0 Å². The fraction of sp³-hybridized carbons (Fsp3) is 0.708. The first-order valence-electron chi connectivity index (χ1n) is 11.9. The Morgan fingerprint density at radius 3 is 2.71 bits per heavy atom. The van der Waals surface area contributed by atoms with Crippen LogP contribution in [-0.4, -0.2) is 82.3 Å². The second-order valence-corrected chi connectivity index (χ2v) is 8.68. The van der Waals surface area contributed by atoms with Gasteiger partial charge in [0.25, 0.3) is 0 Å². The van der Waals surface area contributed by atoms with Gasteiger partial charge in [-0.05, 0) is 71.3 Å². The van der Waals surface area contributed by atoms with Crippen molar-refractivity contribution in [1.29, 1.82) is 0 Å². The molecule has 2 aliphatic rings. The number of ether oxygens (including phenoxy) is 2. The second kappa shape index (κ2) is 12.8. The molecule has 3 rings (SSSR count). The molecule has 1 aromatic carbocycles. The quantitative estimate of drug-likeness (QED) is 0.356. The summed E-state index contributed by atoms with van der Waals surface area (Å²) in [6, 6.07) is 6.09. The Bertz CT molecular complexity index is 691. The van der Waals surface area contributed by atoms with Gasteiger partial charge in [-0.1, -0.05) is 12.1 Å². The maximum atomic E-state index is 6.34. The number of para-hydroxylation sites is 1. The van der Waals surface area contributed by atoms with Crippen LogP contribution < -0.4 is 20.1 Å². The number of methoxy groups -OCH3 is 1. The van der Waals surface area contributed by atoms with Gasteiger partial charge in [0.15, 0.2) is 17.5 Å². The third-order valence-electron chi connectivity index (χ3n) is 6.29. The summed E-state index contributed by atoms with van der Waals surface area (Å²) in [6.07, 6.45) is 7.42. The number of nitrogens with zero attached hydrogens (tertiary/aromatic N) is 3. The molecule has 1 aliphatic carbocycles. The molecule has 1 heterocycles. The maximum Gasteiger partial charge on any atom is 0.191 e. The number of hydrogen-bond donors (Lipinski definition) is 2. The number of aliphatic imine (C=N–C) groups is 1. The summed E-state index contributed by atoms with van der Waals surface area (Å²) in [6.45, 7) is 7.45. The summed E-state index contributed by atoms with van der Waals surface area (Å²) >= 11 is 0. The summed E-state index contributed by atoms with van der Waals surface area (Å²) in [5, 5.41) is 6.89. The molecule has 0 radical (unpaired) electrons. The molecule has 31 heavy (non-hydrogen) atoms. The first-order valence-corrected chi connectivity index (χ1v) is 11.9. The SMILES string of the molecule is CN=C(NCCCN1CCCN(C)CC1)NCc1cccc(OC)c1OC1CCCC1. The van der Waals surface area contributed by atoms with E-state index in [0.717, 1.165) is 55.4 Å².